The Morgan fingerprint density at radius 3 is 2.39 bits per heavy atom. The molecule has 1 heterocycles. The molecule has 1 aliphatic carbocycles. The Morgan fingerprint density at radius 1 is 1.14 bits per heavy atom. The molecule has 1 amide bonds. The lowest BCUT2D eigenvalue weighted by Crippen LogP contribution is -2.64. The summed E-state index contributed by atoms with van der Waals surface area (Å²) in [6.45, 7) is 1.86. The van der Waals surface area contributed by atoms with Gasteiger partial charge in [0.2, 0.25) is 11.6 Å². The van der Waals surface area contributed by atoms with E-state index in [2.05, 4.69) is 5.32 Å². The lowest BCUT2D eigenvalue weighted by molar-refractivity contribution is -0.155. The Morgan fingerprint density at radius 2 is 1.79 bits per heavy atom. The smallest absolute Gasteiger partial charge is 0.410 e. The standard InChI is InChI=1S/C19H22Cl2N2O5/c20-13-7-12(8-14(21)9-13)10-28-19(27)23-5-2-11(3-6-23)1-4-22-15-16(24)18(26)17(15)25/h7-9,11,15-16,22,24H,1-6,10H2. The Hall–Kier alpha value is -1.67. The first-order chi connectivity index (χ1) is 13.3. The maximum Gasteiger partial charge on any atom is 0.410 e. The molecule has 0 spiro atoms. The molecule has 1 saturated carbocycles. The highest BCUT2D eigenvalue weighted by molar-refractivity contribution is 6.48. The van der Waals surface area contributed by atoms with E-state index >= 15 is 0 Å². The van der Waals surface area contributed by atoms with E-state index in [0.717, 1.165) is 24.8 Å². The molecule has 0 bridgehead atoms. The zero-order valence-electron chi connectivity index (χ0n) is 15.2. The number of nitrogens with zero attached hydrogens (tertiary/aromatic N) is 1. The molecule has 2 aliphatic rings. The lowest BCUT2D eigenvalue weighted by atomic mass is 9.85. The molecule has 2 unspecified atom stereocenters. The average molecular weight is 429 g/mol. The summed E-state index contributed by atoms with van der Waals surface area (Å²) < 4.78 is 5.34. The number of ketones is 2. The molecule has 0 aromatic heterocycles. The van der Waals surface area contributed by atoms with Crippen LogP contribution in [0.15, 0.2) is 18.2 Å². The monoisotopic (exact) mass is 428 g/mol. The second-order valence-corrected chi connectivity index (χ2v) is 8.03. The SMILES string of the molecule is O=C1C(=O)C(NCCC2CCN(C(=O)OCc3cc(Cl)cc(Cl)c3)CC2)C1O. The lowest BCUT2D eigenvalue weighted by Gasteiger charge is -2.33. The van der Waals surface area contributed by atoms with Gasteiger partial charge in [-0.15, -0.1) is 0 Å². The number of nitrogens with one attached hydrogen (secondary N) is 1. The van der Waals surface area contributed by atoms with Gasteiger partial charge >= 0.3 is 6.09 Å². The fraction of sp³-hybridized carbons (Fsp3) is 0.526. The molecule has 1 aliphatic heterocycles. The predicted molar refractivity (Wildman–Crippen MR) is 103 cm³/mol. The summed E-state index contributed by atoms with van der Waals surface area (Å²) in [4.78, 5) is 36.2. The van der Waals surface area contributed by atoms with Gasteiger partial charge in [0.25, 0.3) is 0 Å². The van der Waals surface area contributed by atoms with Crippen molar-refractivity contribution >= 4 is 40.9 Å². The van der Waals surface area contributed by atoms with E-state index in [1.165, 1.54) is 0 Å². The molecule has 1 aromatic carbocycles. The minimum atomic E-state index is -1.21. The first-order valence-corrected chi connectivity index (χ1v) is 9.97. The second kappa shape index (κ2) is 9.22. The van der Waals surface area contributed by atoms with E-state index in [-0.39, 0.29) is 12.7 Å². The van der Waals surface area contributed by atoms with Gasteiger partial charge in [0, 0.05) is 23.1 Å². The minimum Gasteiger partial charge on any atom is -0.445 e. The molecule has 2 N–H and O–H groups in total. The Kier molecular flexibility index (Phi) is 6.93. The number of ether oxygens (including phenoxy) is 1. The third-order valence-electron chi connectivity index (χ3n) is 5.18. The van der Waals surface area contributed by atoms with Crippen molar-refractivity contribution < 1.29 is 24.2 Å². The number of Topliss-reactive ketones (excluding diaryl/α,β-unsaturated/α-hetero) is 2. The molecule has 1 saturated heterocycles. The van der Waals surface area contributed by atoms with Crippen LogP contribution in [0.3, 0.4) is 0 Å². The average Bonchev–Trinajstić information content (AvgIpc) is 2.68. The quantitative estimate of drug-likeness (QED) is 0.674. The van der Waals surface area contributed by atoms with Gasteiger partial charge in [0.05, 0.1) is 0 Å². The number of carbonyl (C=O) groups is 3. The van der Waals surface area contributed by atoms with E-state index < -0.39 is 23.7 Å². The van der Waals surface area contributed by atoms with Gasteiger partial charge in [-0.3, -0.25) is 9.59 Å². The van der Waals surface area contributed by atoms with Crippen LogP contribution in [0.1, 0.15) is 24.8 Å². The van der Waals surface area contributed by atoms with Crippen LogP contribution >= 0.6 is 23.2 Å². The van der Waals surface area contributed by atoms with E-state index in [1.54, 1.807) is 23.1 Å². The Balaban J connectivity index is 1.35. The van der Waals surface area contributed by atoms with Crippen LogP contribution < -0.4 is 5.32 Å². The molecule has 3 rings (SSSR count). The van der Waals surface area contributed by atoms with Crippen molar-refractivity contribution in [2.45, 2.75) is 38.0 Å². The van der Waals surface area contributed by atoms with Crippen LogP contribution in [0.25, 0.3) is 0 Å². The summed E-state index contributed by atoms with van der Waals surface area (Å²) in [5.41, 5.74) is 0.734. The highest BCUT2D eigenvalue weighted by Gasteiger charge is 2.47. The summed E-state index contributed by atoms with van der Waals surface area (Å²) in [7, 11) is 0. The number of benzene rings is 1. The van der Waals surface area contributed by atoms with Crippen molar-refractivity contribution in [3.63, 3.8) is 0 Å². The van der Waals surface area contributed by atoms with Crippen molar-refractivity contribution in [2.24, 2.45) is 5.92 Å². The van der Waals surface area contributed by atoms with Crippen molar-refractivity contribution in [2.75, 3.05) is 19.6 Å². The molecule has 28 heavy (non-hydrogen) atoms. The molecular weight excluding hydrogens is 407 g/mol. The third-order valence-corrected chi connectivity index (χ3v) is 5.62. The molecule has 152 valence electrons. The number of hydrogen-bond acceptors (Lipinski definition) is 6. The Labute approximate surface area is 172 Å². The van der Waals surface area contributed by atoms with E-state index in [9.17, 15) is 19.5 Å². The number of hydrogen-bond donors (Lipinski definition) is 2. The molecule has 1 aromatic rings. The summed E-state index contributed by atoms with van der Waals surface area (Å²) in [6.07, 6.45) is 0.904. The van der Waals surface area contributed by atoms with E-state index in [1.807, 2.05) is 0 Å². The number of halogens is 2. The number of aliphatic hydroxyl groups is 1. The number of likely N-dealkylation sites (tertiary alicyclic amines) is 1. The van der Waals surface area contributed by atoms with Gasteiger partial charge in [-0.25, -0.2) is 4.79 Å². The molecule has 2 fully saturated rings. The van der Waals surface area contributed by atoms with Crippen molar-refractivity contribution in [3.8, 4) is 0 Å². The van der Waals surface area contributed by atoms with Crippen LogP contribution in [0.5, 0.6) is 0 Å². The Bertz CT molecular complexity index is 744. The predicted octanol–water partition coefficient (Wildman–Crippen LogP) is 2.20. The number of amides is 1. The number of piperidine rings is 1. The second-order valence-electron chi connectivity index (χ2n) is 7.16. The zero-order valence-corrected chi connectivity index (χ0v) is 16.7. The van der Waals surface area contributed by atoms with Gasteiger partial charge in [-0.1, -0.05) is 23.2 Å². The van der Waals surface area contributed by atoms with E-state index in [4.69, 9.17) is 27.9 Å². The van der Waals surface area contributed by atoms with Gasteiger partial charge < -0.3 is 20.1 Å². The summed E-state index contributed by atoms with van der Waals surface area (Å²) in [5, 5.41) is 13.4. The maximum absolute atomic E-state index is 12.2. The highest BCUT2D eigenvalue weighted by Crippen LogP contribution is 2.23. The molecule has 0 radical (unpaired) electrons. The summed E-state index contributed by atoms with van der Waals surface area (Å²) in [5.74, 6) is -0.860. The maximum atomic E-state index is 12.2. The van der Waals surface area contributed by atoms with Crippen LogP contribution in [-0.2, 0) is 20.9 Å². The fourth-order valence-electron chi connectivity index (χ4n) is 3.48. The summed E-state index contributed by atoms with van der Waals surface area (Å²) in [6, 6.07) is 4.27. The normalized spacial score (nSPS) is 22.9. The van der Waals surface area contributed by atoms with E-state index in [0.29, 0.717) is 35.6 Å². The van der Waals surface area contributed by atoms with Gasteiger partial charge in [0.15, 0.2) is 0 Å². The third kappa shape index (κ3) is 5.03. The molecular formula is C19H22Cl2N2O5. The summed E-state index contributed by atoms with van der Waals surface area (Å²) >= 11 is 11.9. The largest absolute Gasteiger partial charge is 0.445 e. The topological polar surface area (TPSA) is 95.9 Å². The van der Waals surface area contributed by atoms with Crippen molar-refractivity contribution in [3.05, 3.63) is 33.8 Å². The van der Waals surface area contributed by atoms with Crippen LogP contribution in [0.4, 0.5) is 4.79 Å². The molecule has 2 atom stereocenters. The molecule has 9 heteroatoms. The molecule has 7 nitrogen and oxygen atoms in total. The number of carbonyl (C=O) groups excluding carboxylic acids is 3. The van der Waals surface area contributed by atoms with Crippen LogP contribution in [0, 0.1) is 5.92 Å². The first-order valence-electron chi connectivity index (χ1n) is 9.21. The van der Waals surface area contributed by atoms with Gasteiger partial charge in [0.1, 0.15) is 18.8 Å². The zero-order chi connectivity index (χ0) is 20.3. The first kappa shape index (κ1) is 21.0. The number of aliphatic hydroxyl groups excluding tert-OH is 1. The van der Waals surface area contributed by atoms with Crippen LogP contribution in [-0.4, -0.2) is 59.4 Å². The fourth-order valence-corrected chi connectivity index (χ4v) is 4.05. The van der Waals surface area contributed by atoms with Gasteiger partial charge in [-0.2, -0.15) is 0 Å². The van der Waals surface area contributed by atoms with Crippen molar-refractivity contribution in [1.82, 2.24) is 10.2 Å². The minimum absolute atomic E-state index is 0.111. The number of rotatable bonds is 6. The van der Waals surface area contributed by atoms with Crippen LogP contribution in [0.2, 0.25) is 10.0 Å². The highest BCUT2D eigenvalue weighted by atomic mass is 35.5. The van der Waals surface area contributed by atoms with Gasteiger partial charge in [-0.05, 0) is 55.5 Å². The van der Waals surface area contributed by atoms with Crippen molar-refractivity contribution in [1.29, 1.82) is 0 Å².